The number of alkyl halides is 3. The van der Waals surface area contributed by atoms with Crippen LogP contribution in [0.5, 0.6) is 0 Å². The Labute approximate surface area is 141 Å². The molecule has 0 spiro atoms. The van der Waals surface area contributed by atoms with Crippen LogP contribution in [0.25, 0.3) is 0 Å². The van der Waals surface area contributed by atoms with Crippen molar-refractivity contribution in [2.75, 3.05) is 0 Å². The van der Waals surface area contributed by atoms with Gasteiger partial charge in [-0.25, -0.2) is 0 Å². The molecule has 21 heavy (non-hydrogen) atoms. The van der Waals surface area contributed by atoms with Gasteiger partial charge in [0.25, 0.3) is 0 Å². The third kappa shape index (κ3) is 4.55. The minimum Gasteiger partial charge on any atom is -0.305 e. The topological polar surface area (TPSA) is 12.0 Å². The molecule has 114 valence electrons. The highest BCUT2D eigenvalue weighted by molar-refractivity contribution is 9.13. The SMILES string of the molecule is CC(NCc1cc(Br)c(Br)s1)c1cccc(C(F)(F)F)c1. The van der Waals surface area contributed by atoms with E-state index in [-0.39, 0.29) is 6.04 Å². The smallest absolute Gasteiger partial charge is 0.305 e. The molecule has 0 radical (unpaired) electrons. The number of halogens is 5. The van der Waals surface area contributed by atoms with Gasteiger partial charge in [-0.05, 0) is 62.5 Å². The number of rotatable bonds is 4. The Morgan fingerprint density at radius 1 is 1.24 bits per heavy atom. The van der Waals surface area contributed by atoms with E-state index in [4.69, 9.17) is 0 Å². The standard InChI is InChI=1S/C14H12Br2F3NS/c1-8(20-7-11-6-12(15)13(16)21-11)9-3-2-4-10(5-9)14(17,18)19/h2-6,8,20H,7H2,1H3. The fourth-order valence-electron chi connectivity index (χ4n) is 1.83. The Morgan fingerprint density at radius 2 is 1.95 bits per heavy atom. The number of thiophene rings is 1. The van der Waals surface area contributed by atoms with Crippen molar-refractivity contribution in [2.45, 2.75) is 25.7 Å². The average molecular weight is 443 g/mol. The van der Waals surface area contributed by atoms with E-state index in [1.807, 2.05) is 13.0 Å². The second-order valence-corrected chi connectivity index (χ2v) is 7.87. The fraction of sp³-hybridized carbons (Fsp3) is 0.286. The molecular formula is C14H12Br2F3NS. The molecule has 1 nitrogen and oxygen atoms in total. The Kier molecular flexibility index (Phi) is 5.51. The predicted molar refractivity (Wildman–Crippen MR) is 86.4 cm³/mol. The largest absolute Gasteiger partial charge is 0.416 e. The van der Waals surface area contributed by atoms with Gasteiger partial charge < -0.3 is 5.32 Å². The Morgan fingerprint density at radius 3 is 2.52 bits per heavy atom. The van der Waals surface area contributed by atoms with E-state index in [2.05, 4.69) is 37.2 Å². The highest BCUT2D eigenvalue weighted by atomic mass is 79.9. The van der Waals surface area contributed by atoms with Crippen molar-refractivity contribution in [3.63, 3.8) is 0 Å². The first kappa shape index (κ1) is 17.0. The first-order valence-corrected chi connectivity index (χ1v) is 8.52. The predicted octanol–water partition coefficient (Wildman–Crippen LogP) is 6.14. The highest BCUT2D eigenvalue weighted by Crippen LogP contribution is 2.33. The lowest BCUT2D eigenvalue weighted by molar-refractivity contribution is -0.137. The quantitative estimate of drug-likeness (QED) is 0.599. The van der Waals surface area contributed by atoms with Crippen LogP contribution >= 0.6 is 43.2 Å². The van der Waals surface area contributed by atoms with E-state index in [9.17, 15) is 13.2 Å². The Balaban J connectivity index is 2.05. The first-order chi connectivity index (χ1) is 9.77. The molecule has 1 N–H and O–H groups in total. The van der Waals surface area contributed by atoms with Crippen molar-refractivity contribution < 1.29 is 13.2 Å². The van der Waals surface area contributed by atoms with Gasteiger partial charge in [0.2, 0.25) is 0 Å². The molecule has 0 saturated carbocycles. The zero-order valence-electron chi connectivity index (χ0n) is 11.0. The van der Waals surface area contributed by atoms with Gasteiger partial charge in [0.05, 0.1) is 9.35 Å². The normalized spacial score (nSPS) is 13.4. The van der Waals surface area contributed by atoms with Crippen LogP contribution in [0.2, 0.25) is 0 Å². The summed E-state index contributed by atoms with van der Waals surface area (Å²) in [5.74, 6) is 0. The molecule has 0 amide bonds. The molecule has 0 aliphatic rings. The van der Waals surface area contributed by atoms with Crippen LogP contribution in [-0.4, -0.2) is 0 Å². The second kappa shape index (κ2) is 6.81. The van der Waals surface area contributed by atoms with Crippen molar-refractivity contribution >= 4 is 43.2 Å². The maximum absolute atomic E-state index is 12.7. The molecule has 0 bridgehead atoms. The molecule has 1 heterocycles. The van der Waals surface area contributed by atoms with Crippen molar-refractivity contribution in [2.24, 2.45) is 0 Å². The first-order valence-electron chi connectivity index (χ1n) is 6.11. The Hall–Kier alpha value is -0.370. The van der Waals surface area contributed by atoms with Crippen LogP contribution in [0, 0.1) is 0 Å². The van der Waals surface area contributed by atoms with E-state index < -0.39 is 11.7 Å². The highest BCUT2D eigenvalue weighted by Gasteiger charge is 2.30. The van der Waals surface area contributed by atoms with Crippen LogP contribution in [-0.2, 0) is 12.7 Å². The summed E-state index contributed by atoms with van der Waals surface area (Å²) in [6.45, 7) is 2.46. The van der Waals surface area contributed by atoms with Gasteiger partial charge in [-0.15, -0.1) is 11.3 Å². The molecule has 1 aromatic carbocycles. The zero-order valence-corrected chi connectivity index (χ0v) is 15.0. The third-order valence-electron chi connectivity index (χ3n) is 2.99. The van der Waals surface area contributed by atoms with E-state index in [1.54, 1.807) is 17.4 Å². The van der Waals surface area contributed by atoms with Crippen molar-refractivity contribution in [3.8, 4) is 0 Å². The van der Waals surface area contributed by atoms with Gasteiger partial charge in [0, 0.05) is 21.9 Å². The minimum absolute atomic E-state index is 0.160. The lowest BCUT2D eigenvalue weighted by Gasteiger charge is -2.15. The lowest BCUT2D eigenvalue weighted by atomic mass is 10.0. The summed E-state index contributed by atoms with van der Waals surface area (Å²) in [6, 6.07) is 7.25. The molecular weight excluding hydrogens is 431 g/mol. The Bertz CT molecular complexity index is 605. The van der Waals surface area contributed by atoms with Crippen molar-refractivity contribution in [1.29, 1.82) is 0 Å². The zero-order chi connectivity index (χ0) is 15.6. The molecule has 2 aromatic rings. The monoisotopic (exact) mass is 441 g/mol. The summed E-state index contributed by atoms with van der Waals surface area (Å²) in [6.07, 6.45) is -4.31. The molecule has 0 aliphatic heterocycles. The van der Waals surface area contributed by atoms with Gasteiger partial charge in [-0.2, -0.15) is 13.2 Å². The van der Waals surface area contributed by atoms with Crippen molar-refractivity contribution in [3.05, 3.63) is 54.6 Å². The van der Waals surface area contributed by atoms with Gasteiger partial charge in [0.15, 0.2) is 0 Å². The summed E-state index contributed by atoms with van der Waals surface area (Å²) in [4.78, 5) is 1.10. The summed E-state index contributed by atoms with van der Waals surface area (Å²) in [7, 11) is 0. The van der Waals surface area contributed by atoms with E-state index in [0.29, 0.717) is 12.1 Å². The van der Waals surface area contributed by atoms with Crippen LogP contribution in [0.3, 0.4) is 0 Å². The number of hydrogen-bond acceptors (Lipinski definition) is 2. The maximum Gasteiger partial charge on any atom is 0.416 e. The van der Waals surface area contributed by atoms with E-state index in [1.165, 1.54) is 12.1 Å². The molecule has 2 rings (SSSR count). The van der Waals surface area contributed by atoms with Gasteiger partial charge in [0.1, 0.15) is 0 Å². The van der Waals surface area contributed by atoms with Crippen molar-refractivity contribution in [1.82, 2.24) is 5.32 Å². The molecule has 0 saturated heterocycles. The second-order valence-electron chi connectivity index (χ2n) is 4.56. The lowest BCUT2D eigenvalue weighted by Crippen LogP contribution is -2.18. The van der Waals surface area contributed by atoms with Gasteiger partial charge in [-0.1, -0.05) is 12.1 Å². The molecule has 1 unspecified atom stereocenters. The summed E-state index contributed by atoms with van der Waals surface area (Å²) < 4.78 is 40.1. The number of nitrogens with one attached hydrogen (secondary N) is 1. The van der Waals surface area contributed by atoms with Gasteiger partial charge >= 0.3 is 6.18 Å². The molecule has 7 heteroatoms. The third-order valence-corrected chi connectivity index (χ3v) is 6.25. The van der Waals surface area contributed by atoms with Crippen LogP contribution in [0.1, 0.15) is 29.0 Å². The average Bonchev–Trinajstić information content (AvgIpc) is 2.74. The number of hydrogen-bond donors (Lipinski definition) is 1. The molecule has 0 aliphatic carbocycles. The van der Waals surface area contributed by atoms with Gasteiger partial charge in [-0.3, -0.25) is 0 Å². The molecule has 1 aromatic heterocycles. The fourth-order valence-corrected chi connectivity index (χ4v) is 3.96. The molecule has 0 fully saturated rings. The van der Waals surface area contributed by atoms with Crippen LogP contribution in [0.15, 0.2) is 38.6 Å². The summed E-state index contributed by atoms with van der Waals surface area (Å²) in [5.41, 5.74) is 0.00905. The summed E-state index contributed by atoms with van der Waals surface area (Å²) in [5, 5.41) is 3.24. The maximum atomic E-state index is 12.7. The van der Waals surface area contributed by atoms with E-state index >= 15 is 0 Å². The summed E-state index contributed by atoms with van der Waals surface area (Å²) >= 11 is 8.41. The number of benzene rings is 1. The van der Waals surface area contributed by atoms with Crippen LogP contribution in [0.4, 0.5) is 13.2 Å². The van der Waals surface area contributed by atoms with E-state index in [0.717, 1.165) is 19.2 Å². The minimum atomic E-state index is -4.31. The van der Waals surface area contributed by atoms with Crippen LogP contribution < -0.4 is 5.32 Å². The molecule has 1 atom stereocenters.